The lowest BCUT2D eigenvalue weighted by Crippen LogP contribution is -2.39. The van der Waals surface area contributed by atoms with Crippen molar-refractivity contribution in [1.82, 2.24) is 4.31 Å². The summed E-state index contributed by atoms with van der Waals surface area (Å²) in [7, 11) is -3.56. The highest BCUT2D eigenvalue weighted by atomic mass is 32.2. The predicted octanol–water partition coefficient (Wildman–Crippen LogP) is 4.85. The fourth-order valence-corrected chi connectivity index (χ4v) is 5.44. The van der Waals surface area contributed by atoms with E-state index >= 15 is 0 Å². The van der Waals surface area contributed by atoms with Crippen LogP contribution in [0.2, 0.25) is 0 Å². The fourth-order valence-electron chi connectivity index (χ4n) is 3.80. The van der Waals surface area contributed by atoms with E-state index < -0.39 is 10.0 Å². The molecule has 0 bridgehead atoms. The van der Waals surface area contributed by atoms with Gasteiger partial charge in [0.15, 0.2) is 0 Å². The van der Waals surface area contributed by atoms with E-state index in [1.54, 1.807) is 16.4 Å². The maximum absolute atomic E-state index is 13.4. The van der Waals surface area contributed by atoms with E-state index in [0.717, 1.165) is 24.8 Å². The first-order chi connectivity index (χ1) is 13.4. The summed E-state index contributed by atoms with van der Waals surface area (Å²) in [6.07, 6.45) is 2.80. The quantitative estimate of drug-likeness (QED) is 0.666. The van der Waals surface area contributed by atoms with E-state index in [0.29, 0.717) is 36.3 Å². The monoisotopic (exact) mass is 401 g/mol. The average Bonchev–Trinajstić information content (AvgIpc) is 2.69. The Kier molecular flexibility index (Phi) is 6.78. The first-order valence-electron chi connectivity index (χ1n) is 10.2. The van der Waals surface area contributed by atoms with Gasteiger partial charge in [0.2, 0.25) is 10.0 Å². The molecule has 1 aliphatic rings. The van der Waals surface area contributed by atoms with Gasteiger partial charge in [0.05, 0.1) is 6.61 Å². The maximum Gasteiger partial charge on any atom is 0.246 e. The summed E-state index contributed by atoms with van der Waals surface area (Å²) in [5.74, 6) is 1.25. The molecule has 1 heterocycles. The SMILES string of the molecule is CCOc1ccc(C(C)C)cc1S(=O)(=O)N1CCC(Cc2ccccc2)CC1. The topological polar surface area (TPSA) is 46.6 Å². The van der Waals surface area contributed by atoms with Gasteiger partial charge in [0, 0.05) is 13.1 Å². The van der Waals surface area contributed by atoms with Crippen molar-refractivity contribution in [2.45, 2.75) is 50.8 Å². The molecule has 0 saturated carbocycles. The van der Waals surface area contributed by atoms with Gasteiger partial charge in [-0.2, -0.15) is 4.31 Å². The number of sulfonamides is 1. The lowest BCUT2D eigenvalue weighted by atomic mass is 9.91. The zero-order valence-corrected chi connectivity index (χ0v) is 17.9. The first kappa shape index (κ1) is 20.9. The van der Waals surface area contributed by atoms with Gasteiger partial charge < -0.3 is 4.74 Å². The molecule has 0 aliphatic carbocycles. The number of ether oxygens (including phenoxy) is 1. The molecular weight excluding hydrogens is 370 g/mol. The zero-order chi connectivity index (χ0) is 20.1. The standard InChI is InChI=1S/C23H31NO3S/c1-4-27-22-11-10-21(18(2)3)17-23(22)28(25,26)24-14-12-20(13-15-24)16-19-8-6-5-7-9-19/h5-11,17-18,20H,4,12-16H2,1-3H3. The highest BCUT2D eigenvalue weighted by molar-refractivity contribution is 7.89. The zero-order valence-electron chi connectivity index (χ0n) is 17.1. The molecule has 0 spiro atoms. The third-order valence-electron chi connectivity index (χ3n) is 5.49. The molecule has 0 atom stereocenters. The minimum Gasteiger partial charge on any atom is -0.492 e. The van der Waals surface area contributed by atoms with E-state index in [4.69, 9.17) is 4.74 Å². The summed E-state index contributed by atoms with van der Waals surface area (Å²) in [6.45, 7) is 7.60. The second kappa shape index (κ2) is 9.10. The van der Waals surface area contributed by atoms with Crippen molar-refractivity contribution < 1.29 is 13.2 Å². The van der Waals surface area contributed by atoms with Crippen molar-refractivity contribution in [2.24, 2.45) is 5.92 Å². The molecule has 0 amide bonds. The van der Waals surface area contributed by atoms with E-state index in [1.807, 2.05) is 19.1 Å². The summed E-state index contributed by atoms with van der Waals surface area (Å²) >= 11 is 0. The molecule has 152 valence electrons. The second-order valence-corrected chi connectivity index (χ2v) is 9.74. The Morgan fingerprint density at radius 1 is 1.07 bits per heavy atom. The van der Waals surface area contributed by atoms with E-state index in [2.05, 4.69) is 38.1 Å². The molecule has 0 radical (unpaired) electrons. The summed E-state index contributed by atoms with van der Waals surface area (Å²) in [4.78, 5) is 0.307. The number of hydrogen-bond donors (Lipinski definition) is 0. The van der Waals surface area contributed by atoms with Crippen molar-refractivity contribution in [2.75, 3.05) is 19.7 Å². The van der Waals surface area contributed by atoms with Crippen LogP contribution < -0.4 is 4.74 Å². The van der Waals surface area contributed by atoms with Gasteiger partial charge in [0.25, 0.3) is 0 Å². The Bertz CT molecular complexity index is 870. The van der Waals surface area contributed by atoms with Crippen LogP contribution in [-0.2, 0) is 16.4 Å². The maximum atomic E-state index is 13.4. The van der Waals surface area contributed by atoms with Gasteiger partial charge in [-0.1, -0.05) is 50.2 Å². The van der Waals surface area contributed by atoms with Crippen molar-refractivity contribution in [1.29, 1.82) is 0 Å². The van der Waals surface area contributed by atoms with Gasteiger partial charge in [-0.15, -0.1) is 0 Å². The molecule has 0 aromatic heterocycles. The summed E-state index contributed by atoms with van der Waals surface area (Å²) < 4.78 is 34.0. The van der Waals surface area contributed by atoms with E-state index in [-0.39, 0.29) is 5.92 Å². The van der Waals surface area contributed by atoms with Crippen LogP contribution in [0.15, 0.2) is 53.4 Å². The molecule has 1 aliphatic heterocycles. The molecule has 28 heavy (non-hydrogen) atoms. The summed E-state index contributed by atoms with van der Waals surface area (Å²) in [5, 5.41) is 0. The second-order valence-electron chi connectivity index (χ2n) is 7.83. The van der Waals surface area contributed by atoms with Gasteiger partial charge in [-0.25, -0.2) is 8.42 Å². The number of rotatable bonds is 7. The first-order valence-corrected chi connectivity index (χ1v) is 11.7. The normalized spacial score (nSPS) is 16.4. The van der Waals surface area contributed by atoms with Gasteiger partial charge in [-0.05, 0) is 61.3 Å². The van der Waals surface area contributed by atoms with Crippen LogP contribution in [0.3, 0.4) is 0 Å². The Hall–Kier alpha value is -1.85. The number of hydrogen-bond acceptors (Lipinski definition) is 3. The van der Waals surface area contributed by atoms with Crippen LogP contribution in [0.25, 0.3) is 0 Å². The highest BCUT2D eigenvalue weighted by Gasteiger charge is 2.32. The van der Waals surface area contributed by atoms with Crippen LogP contribution in [-0.4, -0.2) is 32.4 Å². The Morgan fingerprint density at radius 3 is 2.36 bits per heavy atom. The van der Waals surface area contributed by atoms with E-state index in [9.17, 15) is 8.42 Å². The summed E-state index contributed by atoms with van der Waals surface area (Å²) in [5.41, 5.74) is 2.34. The van der Waals surface area contributed by atoms with Crippen LogP contribution >= 0.6 is 0 Å². The lowest BCUT2D eigenvalue weighted by Gasteiger charge is -2.32. The van der Waals surface area contributed by atoms with Crippen LogP contribution in [0.1, 0.15) is 50.7 Å². The molecule has 1 saturated heterocycles. The Balaban J connectivity index is 1.75. The smallest absolute Gasteiger partial charge is 0.246 e. The average molecular weight is 402 g/mol. The number of benzene rings is 2. The summed E-state index contributed by atoms with van der Waals surface area (Å²) in [6, 6.07) is 16.0. The molecule has 3 rings (SSSR count). The molecule has 0 N–H and O–H groups in total. The minimum atomic E-state index is -3.56. The van der Waals surface area contributed by atoms with Crippen LogP contribution in [0, 0.1) is 5.92 Å². The van der Waals surface area contributed by atoms with E-state index in [1.165, 1.54) is 5.56 Å². The predicted molar refractivity (Wildman–Crippen MR) is 113 cm³/mol. The van der Waals surface area contributed by atoms with Crippen molar-refractivity contribution in [3.8, 4) is 5.75 Å². The minimum absolute atomic E-state index is 0.265. The molecule has 0 unspecified atom stereocenters. The van der Waals surface area contributed by atoms with Crippen molar-refractivity contribution in [3.63, 3.8) is 0 Å². The van der Waals surface area contributed by atoms with Crippen molar-refractivity contribution in [3.05, 3.63) is 59.7 Å². The molecule has 2 aromatic carbocycles. The highest BCUT2D eigenvalue weighted by Crippen LogP contribution is 2.33. The largest absolute Gasteiger partial charge is 0.492 e. The molecular formula is C23H31NO3S. The number of nitrogens with zero attached hydrogens (tertiary/aromatic N) is 1. The van der Waals surface area contributed by atoms with Crippen LogP contribution in [0.5, 0.6) is 5.75 Å². The third kappa shape index (κ3) is 4.76. The van der Waals surface area contributed by atoms with Crippen molar-refractivity contribution >= 4 is 10.0 Å². The third-order valence-corrected chi connectivity index (χ3v) is 7.41. The molecule has 2 aromatic rings. The molecule has 5 heteroatoms. The molecule has 1 fully saturated rings. The van der Waals surface area contributed by atoms with Gasteiger partial charge in [0.1, 0.15) is 10.6 Å². The fraction of sp³-hybridized carbons (Fsp3) is 0.478. The van der Waals surface area contributed by atoms with Gasteiger partial charge >= 0.3 is 0 Å². The van der Waals surface area contributed by atoms with Gasteiger partial charge in [-0.3, -0.25) is 0 Å². The molecule has 4 nitrogen and oxygen atoms in total. The number of piperidine rings is 1. The Labute approximate surface area is 169 Å². The Morgan fingerprint density at radius 2 is 1.75 bits per heavy atom. The van der Waals surface area contributed by atoms with Crippen LogP contribution in [0.4, 0.5) is 0 Å². The lowest BCUT2D eigenvalue weighted by molar-refractivity contribution is 0.271.